The van der Waals surface area contributed by atoms with Crippen molar-refractivity contribution < 1.29 is 14.6 Å². The van der Waals surface area contributed by atoms with Crippen molar-refractivity contribution >= 4 is 0 Å². The highest BCUT2D eigenvalue weighted by Crippen LogP contribution is 2.27. The molecular weight excluding hydrogens is 319 g/mol. The van der Waals surface area contributed by atoms with Crippen LogP contribution in [0.3, 0.4) is 0 Å². The molecule has 2 aliphatic heterocycles. The first-order chi connectivity index (χ1) is 12.1. The summed E-state index contributed by atoms with van der Waals surface area (Å²) < 4.78 is 13.6. The number of aliphatic hydroxyl groups excluding tert-OH is 2. The zero-order valence-corrected chi connectivity index (χ0v) is 15.2. The summed E-state index contributed by atoms with van der Waals surface area (Å²) in [5, 5.41) is 19.1. The summed E-state index contributed by atoms with van der Waals surface area (Å²) in [5.74, 6) is 1.05. The summed E-state index contributed by atoms with van der Waals surface area (Å²) in [6.45, 7) is 8.14. The first-order valence-electron chi connectivity index (χ1n) is 9.50. The van der Waals surface area contributed by atoms with Gasteiger partial charge in [0.25, 0.3) is 0 Å². The van der Waals surface area contributed by atoms with Gasteiger partial charge in [0.2, 0.25) is 0 Å². The number of halogens is 1. The Morgan fingerprint density at radius 2 is 1.72 bits per heavy atom. The number of aliphatic hydroxyl groups is 2. The molecule has 25 heavy (non-hydrogen) atoms. The largest absolute Gasteiger partial charge is 0.396 e. The van der Waals surface area contributed by atoms with Gasteiger partial charge in [-0.2, -0.15) is 0 Å². The molecule has 2 N–H and O–H groups in total. The van der Waals surface area contributed by atoms with Crippen molar-refractivity contribution in [3.63, 3.8) is 0 Å². The summed E-state index contributed by atoms with van der Waals surface area (Å²) in [4.78, 5) is 4.83. The van der Waals surface area contributed by atoms with Gasteiger partial charge in [0.1, 0.15) is 5.82 Å². The van der Waals surface area contributed by atoms with Crippen molar-refractivity contribution in [3.8, 4) is 0 Å². The minimum absolute atomic E-state index is 0.170. The highest BCUT2D eigenvalue weighted by atomic mass is 19.1. The second-order valence-electron chi connectivity index (χ2n) is 7.96. The molecule has 0 saturated carbocycles. The lowest BCUT2D eigenvalue weighted by molar-refractivity contribution is 0.106. The number of benzene rings is 1. The molecule has 2 saturated heterocycles. The van der Waals surface area contributed by atoms with Gasteiger partial charge in [-0.05, 0) is 73.9 Å². The first kappa shape index (κ1) is 18.8. The predicted octanol–water partition coefficient (Wildman–Crippen LogP) is 1.88. The molecule has 2 aliphatic rings. The van der Waals surface area contributed by atoms with Crippen LogP contribution in [0.5, 0.6) is 0 Å². The zero-order chi connectivity index (χ0) is 17.8. The molecule has 0 aromatic heterocycles. The van der Waals surface area contributed by atoms with Gasteiger partial charge in [-0.15, -0.1) is 0 Å². The molecule has 1 aromatic rings. The molecule has 1 aromatic carbocycles. The average molecular weight is 350 g/mol. The van der Waals surface area contributed by atoms with Gasteiger partial charge in [-0.1, -0.05) is 6.07 Å². The van der Waals surface area contributed by atoms with Crippen LogP contribution < -0.4 is 0 Å². The van der Waals surface area contributed by atoms with E-state index in [1.54, 1.807) is 12.1 Å². The maximum atomic E-state index is 13.6. The molecule has 0 aliphatic carbocycles. The molecule has 2 atom stereocenters. The number of hydrogen-bond acceptors (Lipinski definition) is 4. The van der Waals surface area contributed by atoms with E-state index in [-0.39, 0.29) is 12.4 Å². The van der Waals surface area contributed by atoms with Crippen LogP contribution in [-0.2, 0) is 6.54 Å². The zero-order valence-electron chi connectivity index (χ0n) is 15.2. The number of likely N-dealkylation sites (tertiary alicyclic amines) is 2. The number of aryl methyl sites for hydroxylation is 1. The Hall–Kier alpha value is -1.01. The van der Waals surface area contributed by atoms with Crippen molar-refractivity contribution in [1.29, 1.82) is 0 Å². The standard InChI is InChI=1S/C20H31FN2O2/c1-15-6-17(8-20(21)7-15)9-23-11-18(19(12-23)14-25)10-22-4-2-16(13-24)3-5-22/h6-8,16,18-19,24-25H,2-5,9-14H2,1H3/t18-,19-/m1/s1. The lowest BCUT2D eigenvalue weighted by Gasteiger charge is -2.33. The Bertz CT molecular complexity index is 540. The van der Waals surface area contributed by atoms with Crippen LogP contribution in [0.1, 0.15) is 24.0 Å². The molecule has 0 bridgehead atoms. The van der Waals surface area contributed by atoms with E-state index < -0.39 is 0 Å². The molecule has 2 heterocycles. The average Bonchev–Trinajstić information content (AvgIpc) is 2.96. The fraction of sp³-hybridized carbons (Fsp3) is 0.700. The van der Waals surface area contributed by atoms with Gasteiger partial charge in [-0.3, -0.25) is 4.90 Å². The molecule has 0 radical (unpaired) electrons. The summed E-state index contributed by atoms with van der Waals surface area (Å²) in [5.41, 5.74) is 1.97. The highest BCUT2D eigenvalue weighted by Gasteiger charge is 2.34. The maximum absolute atomic E-state index is 13.6. The second kappa shape index (κ2) is 8.58. The van der Waals surface area contributed by atoms with Crippen LogP contribution >= 0.6 is 0 Å². The van der Waals surface area contributed by atoms with Crippen LogP contribution in [0.25, 0.3) is 0 Å². The molecule has 0 unspecified atom stereocenters. The van der Waals surface area contributed by atoms with E-state index in [0.29, 0.717) is 24.4 Å². The molecule has 140 valence electrons. The van der Waals surface area contributed by atoms with Gasteiger partial charge < -0.3 is 15.1 Å². The summed E-state index contributed by atoms with van der Waals surface area (Å²) in [7, 11) is 0. The molecule has 2 fully saturated rings. The lowest BCUT2D eigenvalue weighted by atomic mass is 9.93. The van der Waals surface area contributed by atoms with Gasteiger partial charge in [0.15, 0.2) is 0 Å². The maximum Gasteiger partial charge on any atom is 0.123 e. The number of nitrogens with zero attached hydrogens (tertiary/aromatic N) is 2. The van der Waals surface area contributed by atoms with E-state index in [1.807, 2.05) is 13.0 Å². The Morgan fingerprint density at radius 3 is 2.36 bits per heavy atom. The quantitative estimate of drug-likeness (QED) is 0.822. The number of piperidine rings is 1. The van der Waals surface area contributed by atoms with Gasteiger partial charge in [0, 0.05) is 39.4 Å². The summed E-state index contributed by atoms with van der Waals surface area (Å²) in [6.07, 6.45) is 2.14. The van der Waals surface area contributed by atoms with E-state index in [0.717, 1.165) is 63.2 Å². The van der Waals surface area contributed by atoms with Gasteiger partial charge >= 0.3 is 0 Å². The third-order valence-electron chi connectivity index (χ3n) is 5.85. The SMILES string of the molecule is Cc1cc(F)cc(CN2C[C@@H](CN3CCC(CO)CC3)[C@@H](CO)C2)c1. The lowest BCUT2D eigenvalue weighted by Crippen LogP contribution is -2.40. The molecule has 3 rings (SSSR count). The molecule has 4 nitrogen and oxygen atoms in total. The van der Waals surface area contributed by atoms with Crippen molar-refractivity contribution in [1.82, 2.24) is 9.80 Å². The molecular formula is C20H31FN2O2. The highest BCUT2D eigenvalue weighted by molar-refractivity contribution is 5.23. The van der Waals surface area contributed by atoms with Crippen molar-refractivity contribution in [2.75, 3.05) is 45.9 Å². The van der Waals surface area contributed by atoms with Crippen LogP contribution in [0.4, 0.5) is 4.39 Å². The monoisotopic (exact) mass is 350 g/mol. The normalized spacial score (nSPS) is 26.4. The third kappa shape index (κ3) is 5.00. The third-order valence-corrected chi connectivity index (χ3v) is 5.85. The number of rotatable bonds is 6. The fourth-order valence-corrected chi connectivity index (χ4v) is 4.42. The Labute approximate surface area is 150 Å². The van der Waals surface area contributed by atoms with Crippen LogP contribution in [0.15, 0.2) is 18.2 Å². The van der Waals surface area contributed by atoms with Crippen molar-refractivity contribution in [2.24, 2.45) is 17.8 Å². The van der Waals surface area contributed by atoms with Crippen molar-refractivity contribution in [2.45, 2.75) is 26.3 Å². The molecule has 0 spiro atoms. The minimum atomic E-state index is -0.170. The van der Waals surface area contributed by atoms with Crippen LogP contribution in [-0.4, -0.2) is 66.0 Å². The van der Waals surface area contributed by atoms with Crippen LogP contribution in [0.2, 0.25) is 0 Å². The topological polar surface area (TPSA) is 46.9 Å². The van der Waals surface area contributed by atoms with E-state index >= 15 is 0 Å². The summed E-state index contributed by atoms with van der Waals surface area (Å²) >= 11 is 0. The predicted molar refractivity (Wildman–Crippen MR) is 96.7 cm³/mol. The Kier molecular flexibility index (Phi) is 6.44. The van der Waals surface area contributed by atoms with E-state index in [4.69, 9.17) is 0 Å². The van der Waals surface area contributed by atoms with Crippen LogP contribution in [0, 0.1) is 30.5 Å². The van der Waals surface area contributed by atoms with Gasteiger partial charge in [-0.25, -0.2) is 4.39 Å². The van der Waals surface area contributed by atoms with Crippen molar-refractivity contribution in [3.05, 3.63) is 35.1 Å². The Balaban J connectivity index is 1.55. The van der Waals surface area contributed by atoms with E-state index in [2.05, 4.69) is 9.80 Å². The van der Waals surface area contributed by atoms with Gasteiger partial charge in [0.05, 0.1) is 0 Å². The molecule has 5 heteroatoms. The smallest absolute Gasteiger partial charge is 0.123 e. The fourth-order valence-electron chi connectivity index (χ4n) is 4.42. The number of hydrogen-bond donors (Lipinski definition) is 2. The first-order valence-corrected chi connectivity index (χ1v) is 9.50. The van der Waals surface area contributed by atoms with E-state index in [1.165, 1.54) is 0 Å². The van der Waals surface area contributed by atoms with E-state index in [9.17, 15) is 14.6 Å². The Morgan fingerprint density at radius 1 is 1.00 bits per heavy atom. The summed E-state index contributed by atoms with van der Waals surface area (Å²) in [6, 6.07) is 5.22. The minimum Gasteiger partial charge on any atom is -0.396 e. The second-order valence-corrected chi connectivity index (χ2v) is 7.96. The molecule has 0 amide bonds.